The summed E-state index contributed by atoms with van der Waals surface area (Å²) >= 11 is 0. The van der Waals surface area contributed by atoms with Crippen LogP contribution in [-0.2, 0) is 19.1 Å². The monoisotopic (exact) mass is 609 g/mol. The molecule has 0 aromatic rings. The second-order valence-corrected chi connectivity index (χ2v) is 13.9. The van der Waals surface area contributed by atoms with Gasteiger partial charge in [0.2, 0.25) is 0 Å². The molecule has 0 aliphatic carbocycles. The molecule has 0 aromatic carbocycles. The van der Waals surface area contributed by atoms with Crippen LogP contribution in [0.1, 0.15) is 202 Å². The summed E-state index contributed by atoms with van der Waals surface area (Å²) in [6.45, 7) is 14.6. The molecule has 4 heteroatoms. The molecule has 0 radical (unpaired) electrons. The molecule has 0 bridgehead atoms. The van der Waals surface area contributed by atoms with Gasteiger partial charge in [-0.05, 0) is 49.4 Å². The molecule has 0 aliphatic heterocycles. The van der Waals surface area contributed by atoms with Gasteiger partial charge < -0.3 is 9.47 Å². The van der Waals surface area contributed by atoms with Crippen molar-refractivity contribution in [3.05, 3.63) is 0 Å². The maximum absolute atomic E-state index is 12.5. The van der Waals surface area contributed by atoms with E-state index in [1.807, 2.05) is 0 Å². The molecule has 3 unspecified atom stereocenters. The van der Waals surface area contributed by atoms with E-state index in [2.05, 4.69) is 41.5 Å². The third-order valence-corrected chi connectivity index (χ3v) is 9.62. The zero-order valence-electron chi connectivity index (χ0n) is 30.0. The van der Waals surface area contributed by atoms with Crippen LogP contribution in [0.4, 0.5) is 0 Å². The van der Waals surface area contributed by atoms with E-state index in [1.54, 1.807) is 0 Å². The summed E-state index contributed by atoms with van der Waals surface area (Å²) in [7, 11) is 0. The highest BCUT2D eigenvalue weighted by Crippen LogP contribution is 2.24. The Morgan fingerprint density at radius 3 is 1.28 bits per heavy atom. The van der Waals surface area contributed by atoms with Crippen molar-refractivity contribution in [2.45, 2.75) is 202 Å². The minimum atomic E-state index is 0.00479. The number of rotatable bonds is 32. The summed E-state index contributed by atoms with van der Waals surface area (Å²) in [6.07, 6.45) is 29.9. The predicted octanol–water partition coefficient (Wildman–Crippen LogP) is 12.4. The quantitative estimate of drug-likeness (QED) is 0.0563. The largest absolute Gasteiger partial charge is 0.465 e. The summed E-state index contributed by atoms with van der Waals surface area (Å²) in [5, 5.41) is 0. The Balaban J connectivity index is 3.62. The van der Waals surface area contributed by atoms with Crippen LogP contribution >= 0.6 is 0 Å². The van der Waals surface area contributed by atoms with Gasteiger partial charge in [0.05, 0.1) is 13.2 Å². The predicted molar refractivity (Wildman–Crippen MR) is 185 cm³/mol. The summed E-state index contributed by atoms with van der Waals surface area (Å²) < 4.78 is 11.2. The first-order chi connectivity index (χ1) is 20.9. The maximum Gasteiger partial charge on any atom is 0.306 e. The zero-order chi connectivity index (χ0) is 32.0. The van der Waals surface area contributed by atoms with Crippen molar-refractivity contribution in [1.29, 1.82) is 0 Å². The maximum atomic E-state index is 12.5. The van der Waals surface area contributed by atoms with Gasteiger partial charge in [-0.1, -0.05) is 164 Å². The molecular formula is C39H76O4. The van der Waals surface area contributed by atoms with Crippen molar-refractivity contribution in [2.24, 2.45) is 23.7 Å². The fraction of sp³-hybridized carbons (Fsp3) is 0.949. The van der Waals surface area contributed by atoms with Gasteiger partial charge in [0.1, 0.15) is 0 Å². The van der Waals surface area contributed by atoms with Crippen LogP contribution in [-0.4, -0.2) is 25.2 Å². The normalized spacial score (nSPS) is 13.7. The fourth-order valence-corrected chi connectivity index (χ4v) is 6.03. The third-order valence-electron chi connectivity index (χ3n) is 9.62. The molecule has 0 aliphatic rings. The van der Waals surface area contributed by atoms with Crippen LogP contribution in [0, 0.1) is 23.7 Å². The molecule has 3 atom stereocenters. The lowest BCUT2D eigenvalue weighted by Gasteiger charge is -2.21. The number of carbonyl (C=O) groups excluding carboxylic acids is 2. The number of hydrogen-bond donors (Lipinski definition) is 0. The Bertz CT molecular complexity index is 616. The van der Waals surface area contributed by atoms with Gasteiger partial charge in [0, 0.05) is 12.8 Å². The molecular weight excluding hydrogens is 532 g/mol. The first kappa shape index (κ1) is 41.9. The van der Waals surface area contributed by atoms with E-state index in [0.29, 0.717) is 49.7 Å². The van der Waals surface area contributed by atoms with Gasteiger partial charge in [0.25, 0.3) is 0 Å². The molecule has 4 nitrogen and oxygen atoms in total. The first-order valence-corrected chi connectivity index (χ1v) is 19.2. The van der Waals surface area contributed by atoms with E-state index >= 15 is 0 Å². The van der Waals surface area contributed by atoms with Crippen LogP contribution in [0.25, 0.3) is 0 Å². The second-order valence-electron chi connectivity index (χ2n) is 13.9. The molecule has 0 aromatic heterocycles. The van der Waals surface area contributed by atoms with Gasteiger partial charge in [-0.2, -0.15) is 0 Å². The first-order valence-electron chi connectivity index (χ1n) is 19.2. The van der Waals surface area contributed by atoms with Crippen molar-refractivity contribution in [3.8, 4) is 0 Å². The molecule has 0 N–H and O–H groups in total. The van der Waals surface area contributed by atoms with Crippen molar-refractivity contribution in [1.82, 2.24) is 0 Å². The summed E-state index contributed by atoms with van der Waals surface area (Å²) in [6, 6.07) is 0. The molecule has 0 fully saturated rings. The second kappa shape index (κ2) is 30.9. The van der Waals surface area contributed by atoms with Crippen molar-refractivity contribution in [3.63, 3.8) is 0 Å². The van der Waals surface area contributed by atoms with Gasteiger partial charge >= 0.3 is 11.9 Å². The summed E-state index contributed by atoms with van der Waals surface area (Å²) in [5.41, 5.74) is 0. The van der Waals surface area contributed by atoms with Gasteiger partial charge in [-0.25, -0.2) is 0 Å². The van der Waals surface area contributed by atoms with E-state index < -0.39 is 0 Å². The molecule has 0 saturated heterocycles. The van der Waals surface area contributed by atoms with Gasteiger partial charge in [-0.3, -0.25) is 9.59 Å². The highest BCUT2D eigenvalue weighted by atomic mass is 16.5. The van der Waals surface area contributed by atoms with Crippen molar-refractivity contribution < 1.29 is 19.1 Å². The van der Waals surface area contributed by atoms with E-state index in [1.165, 1.54) is 116 Å². The molecule has 0 saturated carbocycles. The zero-order valence-corrected chi connectivity index (χ0v) is 30.0. The van der Waals surface area contributed by atoms with Crippen LogP contribution in [0.2, 0.25) is 0 Å². The smallest absolute Gasteiger partial charge is 0.306 e. The SMILES string of the molecule is CCCCC(CC)COC(=O)CCCCCCCCCCCCCCCCC(CC(=O)OCC(CC)CCCC)C(C)C. The minimum absolute atomic E-state index is 0.00479. The summed E-state index contributed by atoms with van der Waals surface area (Å²) in [4.78, 5) is 24.5. The Labute approximate surface area is 269 Å². The molecule has 0 rings (SSSR count). The highest BCUT2D eigenvalue weighted by molar-refractivity contribution is 5.69. The Kier molecular flexibility index (Phi) is 30.2. The lowest BCUT2D eigenvalue weighted by Crippen LogP contribution is -2.19. The number of hydrogen-bond acceptors (Lipinski definition) is 4. The lowest BCUT2D eigenvalue weighted by atomic mass is 9.87. The van der Waals surface area contributed by atoms with Crippen LogP contribution in [0.15, 0.2) is 0 Å². The Hall–Kier alpha value is -1.06. The van der Waals surface area contributed by atoms with Crippen molar-refractivity contribution >= 4 is 11.9 Å². The standard InChI is InChI=1S/C39H76O4/c1-7-11-27-35(9-3)32-42-38(40)30-26-24-22-20-18-16-14-13-15-17-19-21-23-25-29-37(34(5)6)31-39(41)43-33-36(10-4)28-12-8-2/h34-37H,7-33H2,1-6H3. The van der Waals surface area contributed by atoms with Gasteiger partial charge in [0.15, 0.2) is 0 Å². The van der Waals surface area contributed by atoms with E-state index in [0.717, 1.165) is 32.1 Å². The minimum Gasteiger partial charge on any atom is -0.465 e. The Morgan fingerprint density at radius 2 is 0.884 bits per heavy atom. The van der Waals surface area contributed by atoms with Crippen LogP contribution < -0.4 is 0 Å². The number of esters is 2. The fourth-order valence-electron chi connectivity index (χ4n) is 6.03. The van der Waals surface area contributed by atoms with E-state index in [4.69, 9.17) is 9.47 Å². The molecule has 43 heavy (non-hydrogen) atoms. The molecule has 0 heterocycles. The Morgan fingerprint density at radius 1 is 0.488 bits per heavy atom. The van der Waals surface area contributed by atoms with E-state index in [-0.39, 0.29) is 11.9 Å². The molecule has 0 amide bonds. The van der Waals surface area contributed by atoms with E-state index in [9.17, 15) is 9.59 Å². The topological polar surface area (TPSA) is 52.6 Å². The molecule has 256 valence electrons. The lowest BCUT2D eigenvalue weighted by molar-refractivity contribution is -0.147. The van der Waals surface area contributed by atoms with Crippen molar-refractivity contribution in [2.75, 3.05) is 13.2 Å². The number of carbonyl (C=O) groups is 2. The third kappa shape index (κ3) is 27.0. The average molecular weight is 609 g/mol. The van der Waals surface area contributed by atoms with Crippen LogP contribution in [0.3, 0.4) is 0 Å². The number of ether oxygens (including phenoxy) is 2. The summed E-state index contributed by atoms with van der Waals surface area (Å²) in [5.74, 6) is 2.09. The highest BCUT2D eigenvalue weighted by Gasteiger charge is 2.19. The van der Waals surface area contributed by atoms with Crippen LogP contribution in [0.5, 0.6) is 0 Å². The average Bonchev–Trinajstić information content (AvgIpc) is 3.00. The molecule has 0 spiro atoms. The number of unbranched alkanes of at least 4 members (excludes halogenated alkanes) is 15. The van der Waals surface area contributed by atoms with Gasteiger partial charge in [-0.15, -0.1) is 0 Å².